The number of hydrogen-bond donors (Lipinski definition) is 1. The highest BCUT2D eigenvalue weighted by atomic mass is 15.1. The number of hydrogen-bond acceptors (Lipinski definition) is 2. The van der Waals surface area contributed by atoms with E-state index in [-0.39, 0.29) is 0 Å². The Kier molecular flexibility index (Phi) is 8.20. The second-order valence-corrected chi connectivity index (χ2v) is 4.60. The molecule has 0 rings (SSSR count). The highest BCUT2D eigenvalue weighted by molar-refractivity contribution is 4.62. The van der Waals surface area contributed by atoms with Crippen LogP contribution in [0.5, 0.6) is 0 Å². The lowest BCUT2D eigenvalue weighted by Gasteiger charge is -2.22. The van der Waals surface area contributed by atoms with Crippen LogP contribution in [0.25, 0.3) is 0 Å². The molecule has 0 aliphatic rings. The fraction of sp³-hybridized carbons (Fsp3) is 1.00. The Labute approximate surface area is 89.9 Å². The first-order valence-corrected chi connectivity index (χ1v) is 6.08. The molecule has 1 atom stereocenters. The van der Waals surface area contributed by atoms with E-state index in [1.807, 2.05) is 0 Å². The maximum absolute atomic E-state index is 5.88. The third-order valence-electron chi connectivity index (χ3n) is 2.64. The van der Waals surface area contributed by atoms with Crippen molar-refractivity contribution in [3.63, 3.8) is 0 Å². The minimum Gasteiger partial charge on any atom is -0.328 e. The van der Waals surface area contributed by atoms with Crippen LogP contribution in [-0.2, 0) is 0 Å². The van der Waals surface area contributed by atoms with Crippen molar-refractivity contribution >= 4 is 0 Å². The summed E-state index contributed by atoms with van der Waals surface area (Å²) in [7, 11) is 0. The van der Waals surface area contributed by atoms with Crippen LogP contribution in [0.1, 0.15) is 47.0 Å². The van der Waals surface area contributed by atoms with Crippen molar-refractivity contribution in [2.45, 2.75) is 53.0 Å². The molecule has 2 N–H and O–H groups in total. The van der Waals surface area contributed by atoms with E-state index in [4.69, 9.17) is 5.73 Å². The van der Waals surface area contributed by atoms with Gasteiger partial charge in [-0.2, -0.15) is 0 Å². The van der Waals surface area contributed by atoms with Crippen molar-refractivity contribution in [3.05, 3.63) is 0 Å². The first-order chi connectivity index (χ1) is 6.60. The van der Waals surface area contributed by atoms with Gasteiger partial charge in [-0.05, 0) is 38.3 Å². The quantitative estimate of drug-likeness (QED) is 0.652. The van der Waals surface area contributed by atoms with E-state index in [9.17, 15) is 0 Å². The van der Waals surface area contributed by atoms with E-state index in [2.05, 4.69) is 32.6 Å². The van der Waals surface area contributed by atoms with Gasteiger partial charge < -0.3 is 10.6 Å². The second-order valence-electron chi connectivity index (χ2n) is 4.60. The summed E-state index contributed by atoms with van der Waals surface area (Å²) in [4.78, 5) is 2.52. The summed E-state index contributed by atoms with van der Waals surface area (Å²) in [5.41, 5.74) is 5.88. The number of nitrogens with zero attached hydrogens (tertiary/aromatic N) is 1. The van der Waals surface area contributed by atoms with E-state index in [1.54, 1.807) is 0 Å². The third kappa shape index (κ3) is 7.34. The standard InChI is InChI=1S/C12H28N2/c1-5-12(13)8-7-9-14(6-2)10-11(3)4/h11-12H,5-10,13H2,1-4H3. The van der Waals surface area contributed by atoms with E-state index < -0.39 is 0 Å². The molecule has 14 heavy (non-hydrogen) atoms. The fourth-order valence-corrected chi connectivity index (χ4v) is 1.68. The minimum absolute atomic E-state index is 0.410. The Morgan fingerprint density at radius 2 is 1.86 bits per heavy atom. The highest BCUT2D eigenvalue weighted by Gasteiger charge is 2.05. The van der Waals surface area contributed by atoms with Crippen LogP contribution in [0.3, 0.4) is 0 Å². The molecule has 0 radical (unpaired) electrons. The molecule has 0 aromatic carbocycles. The molecule has 0 aliphatic heterocycles. The molecular weight excluding hydrogens is 172 g/mol. The average Bonchev–Trinajstić information content (AvgIpc) is 2.15. The summed E-state index contributed by atoms with van der Waals surface area (Å²) in [6.07, 6.45) is 3.52. The molecular formula is C12H28N2. The number of nitrogens with two attached hydrogens (primary N) is 1. The molecule has 0 bridgehead atoms. The first kappa shape index (κ1) is 13.9. The smallest absolute Gasteiger partial charge is 0.00366 e. The summed E-state index contributed by atoms with van der Waals surface area (Å²) in [5.74, 6) is 0.773. The Bertz CT molecular complexity index is 123. The maximum Gasteiger partial charge on any atom is 0.00366 e. The second kappa shape index (κ2) is 8.25. The van der Waals surface area contributed by atoms with E-state index in [1.165, 1.54) is 32.5 Å². The molecule has 0 heterocycles. The van der Waals surface area contributed by atoms with Crippen LogP contribution in [0, 0.1) is 5.92 Å². The van der Waals surface area contributed by atoms with Gasteiger partial charge in [0.15, 0.2) is 0 Å². The Morgan fingerprint density at radius 1 is 1.21 bits per heavy atom. The van der Waals surface area contributed by atoms with Gasteiger partial charge in [-0.25, -0.2) is 0 Å². The maximum atomic E-state index is 5.88. The lowest BCUT2D eigenvalue weighted by atomic mass is 10.1. The van der Waals surface area contributed by atoms with Gasteiger partial charge in [0, 0.05) is 12.6 Å². The van der Waals surface area contributed by atoms with E-state index in [0.29, 0.717) is 6.04 Å². The predicted molar refractivity (Wildman–Crippen MR) is 64.5 cm³/mol. The molecule has 0 spiro atoms. The summed E-state index contributed by atoms with van der Waals surface area (Å²) < 4.78 is 0. The molecule has 0 amide bonds. The van der Waals surface area contributed by atoms with Gasteiger partial charge >= 0.3 is 0 Å². The van der Waals surface area contributed by atoms with Crippen LogP contribution in [0.2, 0.25) is 0 Å². The Hall–Kier alpha value is -0.0800. The van der Waals surface area contributed by atoms with Gasteiger partial charge in [0.2, 0.25) is 0 Å². The summed E-state index contributed by atoms with van der Waals surface area (Å²) in [5, 5.41) is 0. The normalized spacial score (nSPS) is 13.9. The van der Waals surface area contributed by atoms with E-state index >= 15 is 0 Å². The average molecular weight is 200 g/mol. The predicted octanol–water partition coefficient (Wildman–Crippen LogP) is 2.48. The first-order valence-electron chi connectivity index (χ1n) is 6.08. The molecule has 0 saturated heterocycles. The topological polar surface area (TPSA) is 29.3 Å². The van der Waals surface area contributed by atoms with Crippen molar-refractivity contribution in [1.82, 2.24) is 4.90 Å². The lowest BCUT2D eigenvalue weighted by molar-refractivity contribution is 0.249. The molecule has 0 aliphatic carbocycles. The zero-order valence-corrected chi connectivity index (χ0v) is 10.4. The van der Waals surface area contributed by atoms with Crippen LogP contribution >= 0.6 is 0 Å². The molecule has 2 nitrogen and oxygen atoms in total. The zero-order valence-electron chi connectivity index (χ0n) is 10.4. The van der Waals surface area contributed by atoms with Crippen LogP contribution in [0.15, 0.2) is 0 Å². The molecule has 0 aromatic rings. The van der Waals surface area contributed by atoms with Crippen LogP contribution < -0.4 is 5.73 Å². The van der Waals surface area contributed by atoms with Crippen molar-refractivity contribution in [2.75, 3.05) is 19.6 Å². The third-order valence-corrected chi connectivity index (χ3v) is 2.64. The zero-order chi connectivity index (χ0) is 11.0. The summed E-state index contributed by atoms with van der Waals surface area (Å²) >= 11 is 0. The summed E-state index contributed by atoms with van der Waals surface area (Å²) in [6, 6.07) is 0.410. The SMILES string of the molecule is CCC(N)CCCN(CC)CC(C)C. The van der Waals surface area contributed by atoms with E-state index in [0.717, 1.165) is 12.3 Å². The molecule has 1 unspecified atom stereocenters. The lowest BCUT2D eigenvalue weighted by Crippen LogP contribution is -2.30. The highest BCUT2D eigenvalue weighted by Crippen LogP contribution is 2.03. The van der Waals surface area contributed by atoms with Gasteiger partial charge in [0.05, 0.1) is 0 Å². The van der Waals surface area contributed by atoms with Gasteiger partial charge in [0.1, 0.15) is 0 Å². The van der Waals surface area contributed by atoms with Gasteiger partial charge in [-0.15, -0.1) is 0 Å². The van der Waals surface area contributed by atoms with Gasteiger partial charge in [0.25, 0.3) is 0 Å². The van der Waals surface area contributed by atoms with Gasteiger partial charge in [-0.3, -0.25) is 0 Å². The van der Waals surface area contributed by atoms with Crippen molar-refractivity contribution in [2.24, 2.45) is 11.7 Å². The Morgan fingerprint density at radius 3 is 2.29 bits per heavy atom. The minimum atomic E-state index is 0.410. The van der Waals surface area contributed by atoms with Crippen molar-refractivity contribution in [1.29, 1.82) is 0 Å². The fourth-order valence-electron chi connectivity index (χ4n) is 1.68. The Balaban J connectivity index is 3.52. The largest absolute Gasteiger partial charge is 0.328 e. The number of rotatable bonds is 8. The molecule has 2 heteroatoms. The summed E-state index contributed by atoms with van der Waals surface area (Å²) in [6.45, 7) is 12.6. The van der Waals surface area contributed by atoms with Crippen LogP contribution in [-0.4, -0.2) is 30.6 Å². The molecule has 0 saturated carbocycles. The van der Waals surface area contributed by atoms with Gasteiger partial charge in [-0.1, -0.05) is 27.7 Å². The van der Waals surface area contributed by atoms with Crippen LogP contribution in [0.4, 0.5) is 0 Å². The van der Waals surface area contributed by atoms with Crippen molar-refractivity contribution < 1.29 is 0 Å². The molecule has 0 aromatic heterocycles. The van der Waals surface area contributed by atoms with Crippen molar-refractivity contribution in [3.8, 4) is 0 Å². The molecule has 86 valence electrons. The molecule has 0 fully saturated rings. The monoisotopic (exact) mass is 200 g/mol.